The molecule has 4 aliphatic rings. The molecule has 0 radical (unpaired) electrons. The molecule has 0 aliphatic carbocycles. The summed E-state index contributed by atoms with van der Waals surface area (Å²) in [7, 11) is 1.79. The van der Waals surface area contributed by atoms with Gasteiger partial charge in [0.1, 0.15) is 13.6 Å². The van der Waals surface area contributed by atoms with Crippen LogP contribution in [0.3, 0.4) is 0 Å². The first-order valence-corrected chi connectivity index (χ1v) is 19.4. The fraction of sp³-hybridized carbons (Fsp3) is 0.568. The summed E-state index contributed by atoms with van der Waals surface area (Å²) in [4.78, 5) is 62.7. The molecule has 0 saturated carbocycles. The van der Waals surface area contributed by atoms with Gasteiger partial charge < -0.3 is 34.6 Å². The lowest BCUT2D eigenvalue weighted by atomic mass is 9.91. The number of piperazine rings is 1. The minimum Gasteiger partial charge on any atom is -0.507 e. The van der Waals surface area contributed by atoms with E-state index in [1.165, 1.54) is 0 Å². The first kappa shape index (κ1) is 37.9. The number of para-hydroxylation sites is 1. The number of rotatable bonds is 9. The minimum atomic E-state index is -1.03. The molecule has 2 aromatic rings. The first-order chi connectivity index (χ1) is 25.1. The number of piperidine rings is 2. The molecule has 13 nitrogen and oxygen atoms in total. The number of aromatic hydroxyl groups is 1. The van der Waals surface area contributed by atoms with Crippen LogP contribution in [0, 0.1) is 0 Å². The Kier molecular flexibility index (Phi) is 12.6. The van der Waals surface area contributed by atoms with Crippen molar-refractivity contribution in [1.82, 2.24) is 24.5 Å². The lowest BCUT2D eigenvalue weighted by Gasteiger charge is -2.43. The highest BCUT2D eigenvalue weighted by atomic mass is 79.9. The van der Waals surface area contributed by atoms with Gasteiger partial charge in [-0.2, -0.15) is 0 Å². The molecule has 3 saturated heterocycles. The van der Waals surface area contributed by atoms with E-state index < -0.39 is 12.2 Å². The number of carbonyl (C=O) groups excluding carboxylic acids is 4. The zero-order valence-electron chi connectivity index (χ0n) is 30.2. The van der Waals surface area contributed by atoms with Gasteiger partial charge >= 0.3 is 18.1 Å². The van der Waals surface area contributed by atoms with E-state index in [9.17, 15) is 24.3 Å². The Morgan fingerprint density at radius 1 is 0.942 bits per heavy atom. The van der Waals surface area contributed by atoms with Crippen LogP contribution >= 0.6 is 15.9 Å². The lowest BCUT2D eigenvalue weighted by molar-refractivity contribution is -0.145. The minimum absolute atomic E-state index is 0.00467. The van der Waals surface area contributed by atoms with E-state index in [4.69, 9.17) is 9.47 Å². The summed E-state index contributed by atoms with van der Waals surface area (Å²) < 4.78 is 11.7. The molecule has 1 atom stereocenters. The van der Waals surface area contributed by atoms with Crippen LogP contribution in [0.25, 0.3) is 0 Å². The molecule has 0 unspecified atom stereocenters. The Bertz CT molecular complexity index is 1590. The number of esters is 1. The number of benzene rings is 2. The number of nitrogens with zero attached hydrogens (tertiary/aromatic N) is 5. The molecule has 52 heavy (non-hydrogen) atoms. The number of ether oxygens (including phenoxy) is 2. The molecular weight excluding hydrogens is 731 g/mol. The third-order valence-electron chi connectivity index (χ3n) is 10.9. The second-order valence-electron chi connectivity index (χ2n) is 14.2. The number of phenolic OH excluding ortho intramolecular Hbond substituents is 1. The number of phenols is 1. The zero-order chi connectivity index (χ0) is 36.8. The standard InChI is InChI=1S/C37H50BBrN6O7/c1-2-51-33(46)24-41-17-19-42(20-18-41)27-8-12-43(13-9-27)35(48)32(23-25-21-29(38)34(47)30(39)22-25)52-37(50)44-14-10-28(11-15-44)45-16-7-26-5-3-4-6-31(26)40-36(45)49/h3-6,21-22,27-28,32,47H,2,7-20,23-24,38H2,1H3,(H,40,49)/t32-/m1/s1. The highest BCUT2D eigenvalue weighted by molar-refractivity contribution is 9.10. The quantitative estimate of drug-likeness (QED) is 0.290. The topological polar surface area (TPSA) is 135 Å². The van der Waals surface area contributed by atoms with Crippen molar-refractivity contribution in [3.05, 3.63) is 52.0 Å². The molecule has 15 heteroatoms. The Morgan fingerprint density at radius 3 is 2.31 bits per heavy atom. The van der Waals surface area contributed by atoms with E-state index >= 15 is 0 Å². The van der Waals surface area contributed by atoms with Crippen LogP contribution in [0.15, 0.2) is 40.9 Å². The van der Waals surface area contributed by atoms with Gasteiger partial charge in [0.25, 0.3) is 5.91 Å². The molecule has 0 bridgehead atoms. The van der Waals surface area contributed by atoms with Crippen LogP contribution < -0.4 is 10.8 Å². The van der Waals surface area contributed by atoms with Gasteiger partial charge in [0.2, 0.25) is 0 Å². The van der Waals surface area contributed by atoms with Crippen molar-refractivity contribution in [2.75, 3.05) is 77.4 Å². The smallest absolute Gasteiger partial charge is 0.410 e. The number of carbonyl (C=O) groups is 4. The predicted molar refractivity (Wildman–Crippen MR) is 203 cm³/mol. The van der Waals surface area contributed by atoms with E-state index in [-0.39, 0.29) is 36.1 Å². The number of hydrogen-bond donors (Lipinski definition) is 2. The van der Waals surface area contributed by atoms with Crippen LogP contribution in [0.4, 0.5) is 15.3 Å². The van der Waals surface area contributed by atoms with Gasteiger partial charge in [0.15, 0.2) is 6.10 Å². The number of halogens is 1. The summed E-state index contributed by atoms with van der Waals surface area (Å²) in [6.45, 7) is 8.41. The van der Waals surface area contributed by atoms with E-state index in [0.29, 0.717) is 74.7 Å². The van der Waals surface area contributed by atoms with Crippen LogP contribution in [-0.4, -0.2) is 152 Å². The molecule has 4 heterocycles. The van der Waals surface area contributed by atoms with Crippen molar-refractivity contribution < 1.29 is 33.8 Å². The molecule has 4 amide bonds. The van der Waals surface area contributed by atoms with Crippen molar-refractivity contribution in [1.29, 1.82) is 0 Å². The Labute approximate surface area is 315 Å². The first-order valence-electron chi connectivity index (χ1n) is 18.6. The molecule has 4 aliphatic heterocycles. The second-order valence-corrected chi connectivity index (χ2v) is 15.1. The monoisotopic (exact) mass is 780 g/mol. The van der Waals surface area contributed by atoms with Crippen molar-refractivity contribution in [3.8, 4) is 5.75 Å². The summed E-state index contributed by atoms with van der Waals surface area (Å²) in [5.74, 6) is -0.272. The largest absolute Gasteiger partial charge is 0.507 e. The molecule has 2 N–H and O–H groups in total. The van der Waals surface area contributed by atoms with Crippen molar-refractivity contribution in [3.63, 3.8) is 0 Å². The predicted octanol–water partition coefficient (Wildman–Crippen LogP) is 2.19. The van der Waals surface area contributed by atoms with Gasteiger partial charge in [0.05, 0.1) is 17.6 Å². The van der Waals surface area contributed by atoms with Gasteiger partial charge in [-0.25, -0.2) is 9.59 Å². The van der Waals surface area contributed by atoms with Crippen LogP contribution in [0.2, 0.25) is 0 Å². The number of nitrogens with one attached hydrogen (secondary N) is 1. The molecule has 0 spiro atoms. The maximum Gasteiger partial charge on any atom is 0.410 e. The van der Waals surface area contributed by atoms with Gasteiger partial charge in [-0.05, 0) is 83.7 Å². The van der Waals surface area contributed by atoms with Crippen LogP contribution in [0.5, 0.6) is 5.75 Å². The second kappa shape index (κ2) is 17.3. The summed E-state index contributed by atoms with van der Waals surface area (Å²) in [5.41, 5.74) is 3.39. The number of hydrogen-bond acceptors (Lipinski definition) is 9. The molecule has 3 fully saturated rings. The zero-order valence-corrected chi connectivity index (χ0v) is 31.8. The third-order valence-corrected chi connectivity index (χ3v) is 11.5. The Balaban J connectivity index is 1.05. The van der Waals surface area contributed by atoms with E-state index in [1.54, 1.807) is 18.8 Å². The molecule has 0 aromatic heterocycles. The highest BCUT2D eigenvalue weighted by Gasteiger charge is 2.37. The number of urea groups is 1. The maximum absolute atomic E-state index is 14.1. The SMILES string of the molecule is Bc1cc(C[C@@H](OC(=O)N2CCC(N3CCc4ccccc4NC3=O)CC2)C(=O)N2CCC(N3CCN(CC(=O)OCC)CC3)CC2)cc(Br)c1O. The normalized spacial score (nSPS) is 20.1. The fourth-order valence-corrected chi connectivity index (χ4v) is 8.55. The Morgan fingerprint density at radius 2 is 1.62 bits per heavy atom. The summed E-state index contributed by atoms with van der Waals surface area (Å²) in [6, 6.07) is 11.7. The summed E-state index contributed by atoms with van der Waals surface area (Å²) in [5, 5.41) is 13.4. The average molecular weight is 782 g/mol. The van der Waals surface area contributed by atoms with Crippen LogP contribution in [0.1, 0.15) is 43.7 Å². The van der Waals surface area contributed by atoms with E-state index in [2.05, 4.69) is 31.0 Å². The number of fused-ring (bicyclic) bond motifs is 1. The molecule has 2 aromatic carbocycles. The fourth-order valence-electron chi connectivity index (χ4n) is 7.94. The van der Waals surface area contributed by atoms with E-state index in [1.807, 2.05) is 47.1 Å². The number of likely N-dealkylation sites (tertiary alicyclic amines) is 2. The highest BCUT2D eigenvalue weighted by Crippen LogP contribution is 2.27. The maximum atomic E-state index is 14.1. The van der Waals surface area contributed by atoms with Gasteiger partial charge in [0, 0.05) is 83.1 Å². The molecular formula is C37H50BBrN6O7. The Hall–Kier alpha value is -3.82. The number of amides is 4. The van der Waals surface area contributed by atoms with Gasteiger partial charge in [-0.15, -0.1) is 0 Å². The lowest BCUT2D eigenvalue weighted by Crippen LogP contribution is -2.55. The molecule has 280 valence electrons. The van der Waals surface area contributed by atoms with Crippen LogP contribution in [-0.2, 0) is 31.9 Å². The molecule has 6 rings (SSSR count). The van der Waals surface area contributed by atoms with Crippen molar-refractivity contribution in [2.45, 2.75) is 63.6 Å². The van der Waals surface area contributed by atoms with Crippen molar-refractivity contribution >= 4 is 58.9 Å². The number of anilines is 1. The third kappa shape index (κ3) is 9.21. The van der Waals surface area contributed by atoms with E-state index in [0.717, 1.165) is 62.3 Å². The summed E-state index contributed by atoms with van der Waals surface area (Å²) >= 11 is 3.41. The summed E-state index contributed by atoms with van der Waals surface area (Å²) in [6.07, 6.45) is 2.25. The average Bonchev–Trinajstić information content (AvgIpc) is 3.31. The van der Waals surface area contributed by atoms with Gasteiger partial charge in [-0.1, -0.05) is 24.3 Å². The van der Waals surface area contributed by atoms with Crippen molar-refractivity contribution in [2.24, 2.45) is 0 Å². The van der Waals surface area contributed by atoms with Gasteiger partial charge in [-0.3, -0.25) is 19.4 Å².